The Kier molecular flexibility index (Phi) is 2.39. The molecular formula is C6H9N3O3. The number of hydrogen-bond acceptors (Lipinski definition) is 4. The summed E-state index contributed by atoms with van der Waals surface area (Å²) < 4.78 is 6.09. The smallest absolute Gasteiger partial charge is 0.347 e. The van der Waals surface area contributed by atoms with Gasteiger partial charge >= 0.3 is 5.82 Å². The first-order valence-corrected chi connectivity index (χ1v) is 3.32. The van der Waals surface area contributed by atoms with Gasteiger partial charge in [-0.3, -0.25) is 0 Å². The Labute approximate surface area is 68.9 Å². The summed E-state index contributed by atoms with van der Waals surface area (Å²) in [5.41, 5.74) is 0.400. The van der Waals surface area contributed by atoms with Crippen molar-refractivity contribution in [2.24, 2.45) is 0 Å². The largest absolute Gasteiger partial charge is 0.358 e. The third kappa shape index (κ3) is 1.42. The monoisotopic (exact) mass is 171 g/mol. The van der Waals surface area contributed by atoms with Gasteiger partial charge in [0.2, 0.25) is 0 Å². The molecule has 1 aromatic heterocycles. The molecule has 0 N–H and O–H groups in total. The van der Waals surface area contributed by atoms with Gasteiger partial charge < -0.3 is 14.9 Å². The van der Waals surface area contributed by atoms with Crippen LogP contribution in [0.3, 0.4) is 0 Å². The molecule has 0 amide bonds. The molecule has 0 unspecified atom stereocenters. The Morgan fingerprint density at radius 3 is 3.00 bits per heavy atom. The highest BCUT2D eigenvalue weighted by molar-refractivity contribution is 5.25. The second kappa shape index (κ2) is 3.31. The molecule has 6 nitrogen and oxygen atoms in total. The highest BCUT2D eigenvalue weighted by atomic mass is 16.6. The lowest BCUT2D eigenvalue weighted by Gasteiger charge is -1.98. The van der Waals surface area contributed by atoms with Crippen molar-refractivity contribution in [3.8, 4) is 0 Å². The van der Waals surface area contributed by atoms with Crippen molar-refractivity contribution in [1.82, 2.24) is 9.55 Å². The lowest BCUT2D eigenvalue weighted by atomic mass is 10.5. The van der Waals surface area contributed by atoms with Gasteiger partial charge in [0.15, 0.2) is 13.1 Å². The molecule has 0 fully saturated rings. The molecule has 66 valence electrons. The van der Waals surface area contributed by atoms with E-state index < -0.39 is 4.92 Å². The van der Waals surface area contributed by atoms with Crippen LogP contribution in [0.15, 0.2) is 6.33 Å². The Morgan fingerprint density at radius 2 is 2.50 bits per heavy atom. The highest BCUT2D eigenvalue weighted by Gasteiger charge is 2.17. The van der Waals surface area contributed by atoms with Crippen LogP contribution in [0.4, 0.5) is 5.82 Å². The van der Waals surface area contributed by atoms with Gasteiger partial charge in [0.1, 0.15) is 5.69 Å². The summed E-state index contributed by atoms with van der Waals surface area (Å²) in [5.74, 6) is -0.0168. The molecule has 0 saturated carbocycles. The summed E-state index contributed by atoms with van der Waals surface area (Å²) in [5, 5.41) is 10.5. The lowest BCUT2D eigenvalue weighted by Crippen LogP contribution is -2.03. The molecule has 1 aromatic rings. The molecule has 6 heteroatoms. The molecule has 0 aliphatic heterocycles. The summed E-state index contributed by atoms with van der Waals surface area (Å²) in [6, 6.07) is 0. The van der Waals surface area contributed by atoms with E-state index >= 15 is 0 Å². The van der Waals surface area contributed by atoms with Crippen molar-refractivity contribution in [2.45, 2.75) is 13.7 Å². The zero-order valence-electron chi connectivity index (χ0n) is 6.85. The quantitative estimate of drug-likeness (QED) is 0.495. The maximum atomic E-state index is 10.5. The first-order chi connectivity index (χ1) is 5.66. The average molecular weight is 171 g/mol. The Balaban J connectivity index is 3.04. The zero-order chi connectivity index (χ0) is 9.14. The van der Waals surface area contributed by atoms with Crippen LogP contribution in [0, 0.1) is 17.0 Å². The third-order valence-corrected chi connectivity index (χ3v) is 1.43. The number of nitrogens with zero attached hydrogens (tertiary/aromatic N) is 3. The Hall–Kier alpha value is -1.43. The number of methoxy groups -OCH3 is 1. The number of ether oxygens (including phenoxy) is 1. The first-order valence-electron chi connectivity index (χ1n) is 3.32. The minimum absolute atomic E-state index is 0.0168. The molecule has 0 atom stereocenters. The molecule has 0 saturated heterocycles. The number of rotatable bonds is 3. The predicted molar refractivity (Wildman–Crippen MR) is 40.6 cm³/mol. The molecule has 0 radical (unpaired) electrons. The maximum absolute atomic E-state index is 10.5. The number of hydrogen-bond donors (Lipinski definition) is 0. The second-order valence-corrected chi connectivity index (χ2v) is 2.30. The van der Waals surface area contributed by atoms with Gasteiger partial charge in [-0.2, -0.15) is 4.57 Å². The van der Waals surface area contributed by atoms with Crippen molar-refractivity contribution in [3.05, 3.63) is 22.1 Å². The van der Waals surface area contributed by atoms with Gasteiger partial charge in [0, 0.05) is 7.11 Å². The van der Waals surface area contributed by atoms with Crippen LogP contribution in [-0.2, 0) is 11.5 Å². The van der Waals surface area contributed by atoms with E-state index in [1.165, 1.54) is 18.0 Å². The van der Waals surface area contributed by atoms with Gasteiger partial charge in [-0.25, -0.2) is 4.98 Å². The summed E-state index contributed by atoms with van der Waals surface area (Å²) in [4.78, 5) is 13.8. The topological polar surface area (TPSA) is 70.2 Å². The Bertz CT molecular complexity index is 294. The predicted octanol–water partition coefficient (Wildman–Crippen LogP) is 0.704. The first kappa shape index (κ1) is 8.66. The van der Waals surface area contributed by atoms with E-state index in [9.17, 15) is 10.1 Å². The molecule has 0 aliphatic rings. The third-order valence-electron chi connectivity index (χ3n) is 1.43. The van der Waals surface area contributed by atoms with E-state index in [-0.39, 0.29) is 12.5 Å². The van der Waals surface area contributed by atoms with Crippen LogP contribution in [0.25, 0.3) is 0 Å². The van der Waals surface area contributed by atoms with Crippen molar-refractivity contribution in [1.29, 1.82) is 0 Å². The molecule has 0 aromatic carbocycles. The van der Waals surface area contributed by atoms with Crippen LogP contribution in [0.1, 0.15) is 5.69 Å². The zero-order valence-corrected chi connectivity index (χ0v) is 6.85. The average Bonchev–Trinajstić information content (AvgIpc) is 2.32. The summed E-state index contributed by atoms with van der Waals surface area (Å²) >= 11 is 0. The van der Waals surface area contributed by atoms with Crippen LogP contribution in [0.2, 0.25) is 0 Å². The fourth-order valence-corrected chi connectivity index (χ4v) is 0.947. The second-order valence-electron chi connectivity index (χ2n) is 2.30. The van der Waals surface area contributed by atoms with Crippen LogP contribution in [-0.4, -0.2) is 21.6 Å². The number of aromatic nitrogens is 2. The Morgan fingerprint density at radius 1 is 1.83 bits per heavy atom. The molecule has 1 heterocycles. The van der Waals surface area contributed by atoms with E-state index in [0.29, 0.717) is 5.69 Å². The van der Waals surface area contributed by atoms with Crippen molar-refractivity contribution in [3.63, 3.8) is 0 Å². The van der Waals surface area contributed by atoms with Gasteiger partial charge in [-0.1, -0.05) is 0 Å². The minimum atomic E-state index is -0.471. The summed E-state index contributed by atoms with van der Waals surface area (Å²) in [6.45, 7) is 1.74. The molecule has 12 heavy (non-hydrogen) atoms. The number of imidazole rings is 1. The fraction of sp³-hybridized carbons (Fsp3) is 0.500. The van der Waals surface area contributed by atoms with E-state index in [4.69, 9.17) is 4.74 Å². The maximum Gasteiger partial charge on any atom is 0.347 e. The molecule has 1 rings (SSSR count). The molecule has 0 bridgehead atoms. The summed E-state index contributed by atoms with van der Waals surface area (Å²) in [6.07, 6.45) is 1.39. The number of nitro groups is 1. The van der Waals surface area contributed by atoms with Gasteiger partial charge in [-0.05, 0) is 11.8 Å². The normalized spacial score (nSPS) is 10.2. The molecule has 0 aliphatic carbocycles. The molecular weight excluding hydrogens is 162 g/mol. The summed E-state index contributed by atoms with van der Waals surface area (Å²) in [7, 11) is 1.47. The standard InChI is InChI=1S/C6H9N3O3/c1-5-6(9(10)11)8(3-7-5)4-12-2/h3H,4H2,1-2H3. The minimum Gasteiger partial charge on any atom is -0.358 e. The number of aryl methyl sites for hydroxylation is 1. The molecule has 0 spiro atoms. The van der Waals surface area contributed by atoms with Crippen LogP contribution in [0.5, 0.6) is 0 Å². The van der Waals surface area contributed by atoms with E-state index in [1.54, 1.807) is 6.92 Å². The highest BCUT2D eigenvalue weighted by Crippen LogP contribution is 2.15. The van der Waals surface area contributed by atoms with Crippen molar-refractivity contribution >= 4 is 5.82 Å². The van der Waals surface area contributed by atoms with Gasteiger partial charge in [0.25, 0.3) is 0 Å². The van der Waals surface area contributed by atoms with Crippen LogP contribution < -0.4 is 0 Å². The van der Waals surface area contributed by atoms with E-state index in [1.807, 2.05) is 0 Å². The van der Waals surface area contributed by atoms with Crippen molar-refractivity contribution < 1.29 is 9.66 Å². The van der Waals surface area contributed by atoms with E-state index in [2.05, 4.69) is 4.98 Å². The van der Waals surface area contributed by atoms with Crippen molar-refractivity contribution in [2.75, 3.05) is 7.11 Å². The van der Waals surface area contributed by atoms with Gasteiger partial charge in [0.05, 0.1) is 0 Å². The lowest BCUT2D eigenvalue weighted by molar-refractivity contribution is -0.393. The van der Waals surface area contributed by atoms with Gasteiger partial charge in [-0.15, -0.1) is 0 Å². The SMILES string of the molecule is COCn1cnc(C)c1[N+](=O)[O-]. The van der Waals surface area contributed by atoms with Crippen LogP contribution >= 0.6 is 0 Å². The fourth-order valence-electron chi connectivity index (χ4n) is 0.947. The van der Waals surface area contributed by atoms with E-state index in [0.717, 1.165) is 0 Å².